The van der Waals surface area contributed by atoms with E-state index in [9.17, 15) is 4.79 Å². The number of carbonyl (C=O) groups excluding carboxylic acids is 1. The van der Waals surface area contributed by atoms with E-state index in [1.54, 1.807) is 11.1 Å². The van der Waals surface area contributed by atoms with Gasteiger partial charge in [-0.2, -0.15) is 10.2 Å². The average molecular weight is 292 g/mol. The van der Waals surface area contributed by atoms with Gasteiger partial charge in [-0.3, -0.25) is 10.2 Å². The Morgan fingerprint density at radius 2 is 2.19 bits per heavy atom. The predicted octanol–water partition coefficient (Wildman–Crippen LogP) is 2.27. The molecule has 21 heavy (non-hydrogen) atoms. The van der Waals surface area contributed by atoms with Gasteiger partial charge in [0, 0.05) is 12.7 Å². The molecule has 0 aromatic carbocycles. The molecule has 0 saturated carbocycles. The second-order valence-electron chi connectivity index (χ2n) is 6.31. The molecule has 116 valence electrons. The maximum Gasteiger partial charge on any atom is 0.412 e. The highest BCUT2D eigenvalue weighted by atomic mass is 16.6. The van der Waals surface area contributed by atoms with Crippen LogP contribution >= 0.6 is 0 Å². The van der Waals surface area contributed by atoms with E-state index in [-0.39, 0.29) is 6.09 Å². The number of likely N-dealkylation sites (tertiary alicyclic amines) is 1. The highest BCUT2D eigenvalue weighted by molar-refractivity contribution is 5.69. The van der Waals surface area contributed by atoms with Crippen LogP contribution in [0, 0.1) is 0 Å². The van der Waals surface area contributed by atoms with Gasteiger partial charge in [-0.05, 0) is 59.2 Å². The fourth-order valence-electron chi connectivity index (χ4n) is 2.72. The number of hydrogen-bond acceptors (Lipinski definition) is 5. The second-order valence-corrected chi connectivity index (χ2v) is 6.31. The Morgan fingerprint density at radius 3 is 2.76 bits per heavy atom. The van der Waals surface area contributed by atoms with Crippen molar-refractivity contribution in [3.05, 3.63) is 24.0 Å². The van der Waals surface area contributed by atoms with E-state index in [4.69, 9.17) is 4.74 Å². The zero-order chi connectivity index (χ0) is 15.5. The lowest BCUT2D eigenvalue weighted by Gasteiger charge is -2.46. The van der Waals surface area contributed by atoms with Crippen LogP contribution < -0.4 is 5.32 Å². The predicted molar refractivity (Wildman–Crippen MR) is 79.6 cm³/mol. The second kappa shape index (κ2) is 5.97. The first-order valence-corrected chi connectivity index (χ1v) is 7.37. The zero-order valence-corrected chi connectivity index (χ0v) is 13.2. The van der Waals surface area contributed by atoms with E-state index in [1.807, 2.05) is 40.0 Å². The molecule has 1 saturated heterocycles. The zero-order valence-electron chi connectivity index (χ0n) is 13.2. The summed E-state index contributed by atoms with van der Waals surface area (Å²) in [7, 11) is 1.84. The normalized spacial score (nSPS) is 23.0. The van der Waals surface area contributed by atoms with E-state index in [0.29, 0.717) is 6.54 Å². The van der Waals surface area contributed by atoms with Gasteiger partial charge in [-0.15, -0.1) is 0 Å². The molecule has 0 radical (unpaired) electrons. The quantitative estimate of drug-likeness (QED) is 0.905. The minimum atomic E-state index is -0.644. The van der Waals surface area contributed by atoms with Gasteiger partial charge in [0.2, 0.25) is 0 Å². The van der Waals surface area contributed by atoms with Crippen LogP contribution in [-0.2, 0) is 10.4 Å². The van der Waals surface area contributed by atoms with Crippen molar-refractivity contribution in [2.75, 3.05) is 13.6 Å². The molecule has 1 aromatic heterocycles. The van der Waals surface area contributed by atoms with Crippen molar-refractivity contribution in [2.24, 2.45) is 0 Å². The van der Waals surface area contributed by atoms with Gasteiger partial charge in [0.15, 0.2) is 0 Å². The molecule has 1 N–H and O–H groups in total. The molecule has 1 atom stereocenters. The molecule has 2 heterocycles. The Balaban J connectivity index is 2.34. The Kier molecular flexibility index (Phi) is 4.46. The van der Waals surface area contributed by atoms with Gasteiger partial charge in [0.05, 0.1) is 0 Å². The van der Waals surface area contributed by atoms with E-state index in [1.165, 1.54) is 0 Å². The van der Waals surface area contributed by atoms with Crippen molar-refractivity contribution in [1.82, 2.24) is 20.4 Å². The molecule has 1 unspecified atom stereocenters. The van der Waals surface area contributed by atoms with Crippen LogP contribution in [0.15, 0.2) is 18.3 Å². The lowest BCUT2D eigenvalue weighted by molar-refractivity contribution is -0.0287. The molecule has 0 spiro atoms. The summed E-state index contributed by atoms with van der Waals surface area (Å²) in [6.07, 6.45) is 4.09. The Bertz CT molecular complexity index is 486. The molecule has 1 aliphatic heterocycles. The number of hydrogen-bond donors (Lipinski definition) is 1. The maximum atomic E-state index is 12.6. The summed E-state index contributed by atoms with van der Waals surface area (Å²) in [5.74, 6) is 0. The fraction of sp³-hybridized carbons (Fsp3) is 0.667. The summed E-state index contributed by atoms with van der Waals surface area (Å²) in [6.45, 7) is 6.26. The molecule has 0 bridgehead atoms. The Hall–Kier alpha value is -1.69. The largest absolute Gasteiger partial charge is 0.444 e. The Morgan fingerprint density at radius 1 is 1.43 bits per heavy atom. The highest BCUT2D eigenvalue weighted by Gasteiger charge is 2.45. The van der Waals surface area contributed by atoms with Crippen molar-refractivity contribution in [2.45, 2.75) is 51.3 Å². The van der Waals surface area contributed by atoms with Crippen molar-refractivity contribution in [3.8, 4) is 0 Å². The molecule has 0 aliphatic carbocycles. The summed E-state index contributed by atoms with van der Waals surface area (Å²) in [5.41, 5.74) is -0.413. The highest BCUT2D eigenvalue weighted by Crippen LogP contribution is 2.34. The van der Waals surface area contributed by atoms with Crippen molar-refractivity contribution in [3.63, 3.8) is 0 Å². The van der Waals surface area contributed by atoms with Crippen molar-refractivity contribution < 1.29 is 9.53 Å². The lowest BCUT2D eigenvalue weighted by Crippen LogP contribution is -2.60. The van der Waals surface area contributed by atoms with Crippen LogP contribution in [0.4, 0.5) is 4.79 Å². The van der Waals surface area contributed by atoms with Crippen LogP contribution in [0.25, 0.3) is 0 Å². The molecular formula is C15H24N4O2. The molecule has 1 fully saturated rings. The number of nitrogens with one attached hydrogen (secondary N) is 1. The third kappa shape index (κ3) is 3.32. The number of amides is 1. The lowest BCUT2D eigenvalue weighted by atomic mass is 9.92. The molecule has 2 rings (SSSR count). The monoisotopic (exact) mass is 292 g/mol. The van der Waals surface area contributed by atoms with E-state index in [0.717, 1.165) is 25.0 Å². The maximum absolute atomic E-state index is 12.6. The first-order chi connectivity index (χ1) is 9.89. The Labute approximate surface area is 125 Å². The number of piperidine rings is 1. The molecule has 6 heteroatoms. The summed E-state index contributed by atoms with van der Waals surface area (Å²) in [5, 5.41) is 11.4. The van der Waals surface area contributed by atoms with Gasteiger partial charge >= 0.3 is 6.09 Å². The van der Waals surface area contributed by atoms with Gasteiger partial charge < -0.3 is 4.74 Å². The summed E-state index contributed by atoms with van der Waals surface area (Å²) >= 11 is 0. The van der Waals surface area contributed by atoms with Crippen LogP contribution in [0.1, 0.15) is 45.7 Å². The van der Waals surface area contributed by atoms with Crippen LogP contribution in [0.3, 0.4) is 0 Å². The summed E-state index contributed by atoms with van der Waals surface area (Å²) in [4.78, 5) is 14.3. The van der Waals surface area contributed by atoms with E-state index < -0.39 is 11.3 Å². The van der Waals surface area contributed by atoms with Crippen LogP contribution in [0.2, 0.25) is 0 Å². The average Bonchev–Trinajstić information content (AvgIpc) is 2.46. The third-order valence-corrected chi connectivity index (χ3v) is 3.65. The number of ether oxygens (including phenoxy) is 1. The minimum absolute atomic E-state index is 0.317. The topological polar surface area (TPSA) is 67.4 Å². The summed E-state index contributed by atoms with van der Waals surface area (Å²) in [6, 6.07) is 3.73. The SMILES string of the molecule is CNC1(c2cccnn2)CCCCN1C(=O)OC(C)(C)C. The van der Waals surface area contributed by atoms with Gasteiger partial charge in [-0.25, -0.2) is 4.79 Å². The van der Waals surface area contributed by atoms with E-state index >= 15 is 0 Å². The van der Waals surface area contributed by atoms with Gasteiger partial charge in [0.25, 0.3) is 0 Å². The first-order valence-electron chi connectivity index (χ1n) is 7.37. The van der Waals surface area contributed by atoms with Crippen molar-refractivity contribution in [1.29, 1.82) is 0 Å². The van der Waals surface area contributed by atoms with Crippen molar-refractivity contribution >= 4 is 6.09 Å². The number of rotatable bonds is 2. The number of carbonyl (C=O) groups is 1. The smallest absolute Gasteiger partial charge is 0.412 e. The van der Waals surface area contributed by atoms with Gasteiger partial charge in [-0.1, -0.05) is 0 Å². The first kappa shape index (κ1) is 15.7. The molecule has 1 amide bonds. The van der Waals surface area contributed by atoms with Gasteiger partial charge in [0.1, 0.15) is 17.0 Å². The van der Waals surface area contributed by atoms with E-state index in [2.05, 4.69) is 15.5 Å². The molecular weight excluding hydrogens is 268 g/mol. The van der Waals surface area contributed by atoms with Crippen LogP contribution in [-0.4, -0.2) is 40.4 Å². The summed E-state index contributed by atoms with van der Waals surface area (Å²) < 4.78 is 5.55. The molecule has 1 aliphatic rings. The molecule has 1 aromatic rings. The number of aromatic nitrogens is 2. The fourth-order valence-corrected chi connectivity index (χ4v) is 2.72. The van der Waals surface area contributed by atoms with Crippen LogP contribution in [0.5, 0.6) is 0 Å². The standard InChI is InChI=1S/C15H24N4O2/c1-14(2,3)21-13(20)19-11-6-5-9-15(19,16-4)12-8-7-10-17-18-12/h7-8,10,16H,5-6,9,11H2,1-4H3. The third-order valence-electron chi connectivity index (χ3n) is 3.65. The minimum Gasteiger partial charge on any atom is -0.444 e. The molecule has 6 nitrogen and oxygen atoms in total. The number of nitrogens with zero attached hydrogens (tertiary/aromatic N) is 3.